The predicted molar refractivity (Wildman–Crippen MR) is 132 cm³/mol. The van der Waals surface area contributed by atoms with E-state index in [1.54, 1.807) is 6.07 Å². The van der Waals surface area contributed by atoms with Crippen molar-refractivity contribution in [2.75, 3.05) is 6.54 Å². The Morgan fingerprint density at radius 1 is 0.970 bits per heavy atom. The number of nitrogens with one attached hydrogen (secondary N) is 1. The quantitative estimate of drug-likeness (QED) is 0.270. The van der Waals surface area contributed by atoms with Crippen LogP contribution in [0.15, 0.2) is 66.7 Å². The lowest BCUT2D eigenvalue weighted by atomic mass is 10.1. The highest BCUT2D eigenvalue weighted by Gasteiger charge is 2.12. The number of aromatic nitrogens is 2. The van der Waals surface area contributed by atoms with E-state index in [-0.39, 0.29) is 11.7 Å². The number of carbonyl (C=O) groups excluding carboxylic acids is 1. The van der Waals surface area contributed by atoms with Gasteiger partial charge in [0.1, 0.15) is 11.6 Å². The molecule has 170 valence electrons. The SMILES string of the molecule is O=C(NCCCCCc1nc2ccccc2n1Cc1ccc(Cl)cc1Cl)c1ccc(F)cc1. The minimum absolute atomic E-state index is 0.184. The second-order valence-corrected chi connectivity index (χ2v) is 8.76. The van der Waals surface area contributed by atoms with Crippen LogP contribution in [0.25, 0.3) is 11.0 Å². The zero-order valence-electron chi connectivity index (χ0n) is 18.0. The molecule has 4 rings (SSSR count). The normalized spacial score (nSPS) is 11.1. The van der Waals surface area contributed by atoms with E-state index in [0.29, 0.717) is 28.7 Å². The number of nitrogens with zero attached hydrogens (tertiary/aromatic N) is 2. The lowest BCUT2D eigenvalue weighted by molar-refractivity contribution is 0.0953. The van der Waals surface area contributed by atoms with Gasteiger partial charge in [-0.15, -0.1) is 0 Å². The third-order valence-electron chi connectivity index (χ3n) is 5.55. The van der Waals surface area contributed by atoms with E-state index in [2.05, 4.69) is 16.0 Å². The molecule has 0 aliphatic carbocycles. The summed E-state index contributed by atoms with van der Waals surface area (Å²) in [6.45, 7) is 1.20. The van der Waals surface area contributed by atoms with E-state index in [1.807, 2.05) is 30.3 Å². The molecule has 7 heteroatoms. The zero-order valence-corrected chi connectivity index (χ0v) is 19.5. The van der Waals surface area contributed by atoms with Crippen LogP contribution in [0.5, 0.6) is 0 Å². The average Bonchev–Trinajstić information content (AvgIpc) is 3.15. The number of hydrogen-bond acceptors (Lipinski definition) is 2. The van der Waals surface area contributed by atoms with Crippen LogP contribution in [0.1, 0.15) is 41.0 Å². The zero-order chi connectivity index (χ0) is 23.2. The summed E-state index contributed by atoms with van der Waals surface area (Å²) in [6, 6.07) is 19.2. The van der Waals surface area contributed by atoms with Gasteiger partial charge in [-0.1, -0.05) is 47.8 Å². The summed E-state index contributed by atoms with van der Waals surface area (Å²) in [4.78, 5) is 17.0. The Hall–Kier alpha value is -2.89. The van der Waals surface area contributed by atoms with Gasteiger partial charge in [0.15, 0.2) is 0 Å². The molecule has 4 aromatic rings. The molecule has 33 heavy (non-hydrogen) atoms. The topological polar surface area (TPSA) is 46.9 Å². The van der Waals surface area contributed by atoms with Gasteiger partial charge >= 0.3 is 0 Å². The molecule has 3 aromatic carbocycles. The van der Waals surface area contributed by atoms with Crippen molar-refractivity contribution in [3.05, 3.63) is 99.5 Å². The summed E-state index contributed by atoms with van der Waals surface area (Å²) in [7, 11) is 0. The maximum atomic E-state index is 13.0. The number of carbonyl (C=O) groups is 1. The van der Waals surface area contributed by atoms with Gasteiger partial charge in [-0.2, -0.15) is 0 Å². The molecule has 0 saturated heterocycles. The molecule has 1 heterocycles. The fourth-order valence-electron chi connectivity index (χ4n) is 3.80. The smallest absolute Gasteiger partial charge is 0.251 e. The summed E-state index contributed by atoms with van der Waals surface area (Å²) >= 11 is 12.5. The highest BCUT2D eigenvalue weighted by molar-refractivity contribution is 6.35. The van der Waals surface area contributed by atoms with Crippen LogP contribution in [0, 0.1) is 5.82 Å². The molecule has 0 unspecified atom stereocenters. The Bertz CT molecular complexity index is 1250. The molecular formula is C26H24Cl2FN3O. The van der Waals surface area contributed by atoms with Gasteiger partial charge in [0.25, 0.3) is 5.91 Å². The Balaban J connectivity index is 1.34. The minimum atomic E-state index is -0.351. The Kier molecular flexibility index (Phi) is 7.63. The number of aryl methyl sites for hydroxylation is 1. The van der Waals surface area contributed by atoms with Crippen molar-refractivity contribution in [1.82, 2.24) is 14.9 Å². The molecule has 0 spiro atoms. The van der Waals surface area contributed by atoms with Gasteiger partial charge in [-0.05, 0) is 66.9 Å². The van der Waals surface area contributed by atoms with Crippen molar-refractivity contribution in [2.24, 2.45) is 0 Å². The maximum Gasteiger partial charge on any atom is 0.251 e. The fraction of sp³-hybridized carbons (Fsp3) is 0.231. The Labute approximate surface area is 202 Å². The van der Waals surface area contributed by atoms with E-state index in [9.17, 15) is 9.18 Å². The summed E-state index contributed by atoms with van der Waals surface area (Å²) in [5.41, 5.74) is 3.49. The van der Waals surface area contributed by atoms with Crippen LogP contribution in [0.2, 0.25) is 10.0 Å². The van der Waals surface area contributed by atoms with Gasteiger partial charge in [0, 0.05) is 28.6 Å². The lowest BCUT2D eigenvalue weighted by Gasteiger charge is -2.11. The van der Waals surface area contributed by atoms with Crippen molar-refractivity contribution < 1.29 is 9.18 Å². The van der Waals surface area contributed by atoms with Gasteiger partial charge in [-0.25, -0.2) is 9.37 Å². The van der Waals surface area contributed by atoms with Crippen LogP contribution < -0.4 is 5.32 Å². The highest BCUT2D eigenvalue weighted by atomic mass is 35.5. The van der Waals surface area contributed by atoms with E-state index >= 15 is 0 Å². The second-order valence-electron chi connectivity index (χ2n) is 7.91. The van der Waals surface area contributed by atoms with Gasteiger partial charge in [0.2, 0.25) is 0 Å². The van der Waals surface area contributed by atoms with Crippen LogP contribution in [-0.2, 0) is 13.0 Å². The van der Waals surface area contributed by atoms with Crippen LogP contribution in [-0.4, -0.2) is 22.0 Å². The maximum absolute atomic E-state index is 13.0. The number of fused-ring (bicyclic) bond motifs is 1. The summed E-state index contributed by atoms with van der Waals surface area (Å²) < 4.78 is 15.2. The van der Waals surface area contributed by atoms with Crippen molar-refractivity contribution >= 4 is 40.1 Å². The molecule has 0 aliphatic rings. The van der Waals surface area contributed by atoms with E-state index in [0.717, 1.165) is 48.1 Å². The van der Waals surface area contributed by atoms with Crippen molar-refractivity contribution in [3.63, 3.8) is 0 Å². The van der Waals surface area contributed by atoms with E-state index in [1.165, 1.54) is 24.3 Å². The van der Waals surface area contributed by atoms with Crippen molar-refractivity contribution in [2.45, 2.75) is 32.2 Å². The van der Waals surface area contributed by atoms with Gasteiger partial charge in [0.05, 0.1) is 17.6 Å². The van der Waals surface area contributed by atoms with Crippen LogP contribution in [0.3, 0.4) is 0 Å². The Morgan fingerprint density at radius 3 is 2.55 bits per heavy atom. The summed E-state index contributed by atoms with van der Waals surface area (Å²) in [5, 5.41) is 4.14. The summed E-state index contributed by atoms with van der Waals surface area (Å²) in [5.74, 6) is 0.477. The third kappa shape index (κ3) is 5.92. The number of para-hydroxylation sites is 2. The molecular weight excluding hydrogens is 460 g/mol. The van der Waals surface area contributed by atoms with Crippen LogP contribution in [0.4, 0.5) is 4.39 Å². The largest absolute Gasteiger partial charge is 0.352 e. The number of halogens is 3. The van der Waals surface area contributed by atoms with Gasteiger partial charge < -0.3 is 9.88 Å². The minimum Gasteiger partial charge on any atom is -0.352 e. The first-order chi connectivity index (χ1) is 16.0. The van der Waals surface area contributed by atoms with Crippen LogP contribution >= 0.6 is 23.2 Å². The van der Waals surface area contributed by atoms with E-state index < -0.39 is 0 Å². The molecule has 0 saturated carbocycles. The van der Waals surface area contributed by atoms with E-state index in [4.69, 9.17) is 28.2 Å². The van der Waals surface area contributed by atoms with Gasteiger partial charge in [-0.3, -0.25) is 4.79 Å². The molecule has 4 nitrogen and oxygen atoms in total. The number of rotatable bonds is 9. The Morgan fingerprint density at radius 2 is 1.76 bits per heavy atom. The highest BCUT2D eigenvalue weighted by Crippen LogP contribution is 2.25. The standard InChI is InChI=1S/C26H24Cl2FN3O/c27-20-12-9-19(22(28)16-20)17-32-24-7-4-3-6-23(24)31-25(32)8-2-1-5-15-30-26(33)18-10-13-21(29)14-11-18/h3-4,6-7,9-14,16H,1-2,5,8,15,17H2,(H,30,33). The third-order valence-corrected chi connectivity index (χ3v) is 6.13. The molecule has 0 aliphatic heterocycles. The first-order valence-electron chi connectivity index (χ1n) is 10.9. The number of unbranched alkanes of at least 4 members (excludes halogenated alkanes) is 2. The fourth-order valence-corrected chi connectivity index (χ4v) is 4.27. The molecule has 0 bridgehead atoms. The number of imidazole rings is 1. The van der Waals surface area contributed by atoms with Crippen molar-refractivity contribution in [1.29, 1.82) is 0 Å². The predicted octanol–water partition coefficient (Wildman–Crippen LogP) is 6.67. The monoisotopic (exact) mass is 483 g/mol. The number of benzene rings is 3. The number of hydrogen-bond donors (Lipinski definition) is 1. The molecule has 0 radical (unpaired) electrons. The molecule has 1 amide bonds. The molecule has 1 aromatic heterocycles. The second kappa shape index (κ2) is 10.8. The average molecular weight is 484 g/mol. The number of amides is 1. The molecule has 0 fully saturated rings. The summed E-state index contributed by atoms with van der Waals surface area (Å²) in [6.07, 6.45) is 3.58. The lowest BCUT2D eigenvalue weighted by Crippen LogP contribution is -2.24. The molecule has 0 atom stereocenters. The van der Waals surface area contributed by atoms with Crippen molar-refractivity contribution in [3.8, 4) is 0 Å². The first kappa shape index (κ1) is 23.3. The first-order valence-corrected chi connectivity index (χ1v) is 11.7. The molecule has 1 N–H and O–H groups in total.